The third-order valence-corrected chi connectivity index (χ3v) is 9.10. The summed E-state index contributed by atoms with van der Waals surface area (Å²) >= 11 is 0. The van der Waals surface area contributed by atoms with Crippen molar-refractivity contribution in [1.82, 2.24) is 10.2 Å². The number of aliphatic hydroxyl groups excluding tert-OH is 1. The SMILES string of the molecule is CCOc1ccc(C(C)(C)C)cc1C1CC2(CCN(C(=O)C3CC4(CCC(O)N4)C3)CC2)C1. The van der Waals surface area contributed by atoms with E-state index in [-0.39, 0.29) is 23.1 Å². The predicted octanol–water partition coefficient (Wildman–Crippen LogP) is 4.72. The van der Waals surface area contributed by atoms with E-state index in [0.29, 0.717) is 23.8 Å². The minimum atomic E-state index is -0.380. The predicted molar refractivity (Wildman–Crippen MR) is 130 cm³/mol. The Kier molecular flexibility index (Phi) is 5.80. The Morgan fingerprint density at radius 2 is 1.85 bits per heavy atom. The molecule has 5 heteroatoms. The van der Waals surface area contributed by atoms with Gasteiger partial charge in [0.2, 0.25) is 5.91 Å². The maximum atomic E-state index is 13.1. The highest BCUT2D eigenvalue weighted by Gasteiger charge is 2.53. The molecule has 1 aromatic rings. The molecule has 2 aliphatic heterocycles. The number of ether oxygens (including phenoxy) is 1. The molecule has 5 rings (SSSR count). The molecule has 4 aliphatic rings. The van der Waals surface area contributed by atoms with Crippen LogP contribution in [0.1, 0.15) is 96.1 Å². The van der Waals surface area contributed by atoms with E-state index >= 15 is 0 Å². The van der Waals surface area contributed by atoms with Crippen LogP contribution in [-0.4, -0.2) is 47.4 Å². The number of nitrogens with zero attached hydrogens (tertiary/aromatic N) is 1. The van der Waals surface area contributed by atoms with Gasteiger partial charge in [-0.2, -0.15) is 0 Å². The lowest BCUT2D eigenvalue weighted by atomic mass is 9.55. The van der Waals surface area contributed by atoms with Crippen molar-refractivity contribution < 1.29 is 14.6 Å². The molecule has 2 aliphatic carbocycles. The van der Waals surface area contributed by atoms with E-state index in [9.17, 15) is 9.90 Å². The number of carbonyl (C=O) groups is 1. The summed E-state index contributed by atoms with van der Waals surface area (Å²) in [6.45, 7) is 11.4. The number of hydrogen-bond donors (Lipinski definition) is 2. The number of likely N-dealkylation sites (tertiary alicyclic amines) is 1. The first-order valence-electron chi connectivity index (χ1n) is 13.1. The lowest BCUT2D eigenvalue weighted by molar-refractivity contribution is -0.145. The summed E-state index contributed by atoms with van der Waals surface area (Å²) in [7, 11) is 0. The molecular formula is C28H42N2O3. The first-order valence-corrected chi connectivity index (χ1v) is 13.1. The first kappa shape index (κ1) is 23.2. The Labute approximate surface area is 199 Å². The molecule has 1 amide bonds. The lowest BCUT2D eigenvalue weighted by Gasteiger charge is -2.54. The van der Waals surface area contributed by atoms with Crippen molar-refractivity contribution in [2.24, 2.45) is 11.3 Å². The topological polar surface area (TPSA) is 61.8 Å². The summed E-state index contributed by atoms with van der Waals surface area (Å²) in [5.41, 5.74) is 3.35. The molecule has 2 N–H and O–H groups in total. The van der Waals surface area contributed by atoms with Gasteiger partial charge in [-0.05, 0) is 92.2 Å². The van der Waals surface area contributed by atoms with Gasteiger partial charge < -0.3 is 14.7 Å². The van der Waals surface area contributed by atoms with Gasteiger partial charge in [-0.15, -0.1) is 0 Å². The van der Waals surface area contributed by atoms with Gasteiger partial charge in [-0.25, -0.2) is 0 Å². The van der Waals surface area contributed by atoms with Crippen LogP contribution in [0.4, 0.5) is 0 Å². The van der Waals surface area contributed by atoms with Gasteiger partial charge in [0.1, 0.15) is 12.0 Å². The Hall–Kier alpha value is -1.59. The number of amides is 1. The molecule has 2 heterocycles. The number of hydrogen-bond acceptors (Lipinski definition) is 4. The average molecular weight is 455 g/mol. The van der Waals surface area contributed by atoms with E-state index in [1.54, 1.807) is 0 Å². The molecule has 2 saturated heterocycles. The molecule has 2 saturated carbocycles. The van der Waals surface area contributed by atoms with E-state index in [1.807, 2.05) is 0 Å². The number of aliphatic hydroxyl groups is 1. The van der Waals surface area contributed by atoms with Crippen LogP contribution in [0.3, 0.4) is 0 Å². The highest BCUT2D eigenvalue weighted by atomic mass is 16.5. The zero-order chi connectivity index (χ0) is 23.4. The Morgan fingerprint density at radius 1 is 1.15 bits per heavy atom. The number of carbonyl (C=O) groups excluding carboxylic acids is 1. The van der Waals surface area contributed by atoms with Crippen molar-refractivity contribution in [3.05, 3.63) is 29.3 Å². The molecule has 1 aromatic carbocycles. The summed E-state index contributed by atoms with van der Waals surface area (Å²) < 4.78 is 6.00. The van der Waals surface area contributed by atoms with Crippen molar-refractivity contribution in [2.75, 3.05) is 19.7 Å². The third-order valence-electron chi connectivity index (χ3n) is 9.10. The molecular weight excluding hydrogens is 412 g/mol. The number of benzene rings is 1. The monoisotopic (exact) mass is 454 g/mol. The fourth-order valence-electron chi connectivity index (χ4n) is 6.99. The summed E-state index contributed by atoms with van der Waals surface area (Å²) in [5, 5.41) is 13.1. The molecule has 33 heavy (non-hydrogen) atoms. The molecule has 1 atom stereocenters. The molecule has 182 valence electrons. The van der Waals surface area contributed by atoms with E-state index in [1.165, 1.54) is 24.0 Å². The van der Waals surface area contributed by atoms with E-state index in [2.05, 4.69) is 56.1 Å². The second kappa shape index (κ2) is 8.27. The smallest absolute Gasteiger partial charge is 0.225 e. The van der Waals surface area contributed by atoms with E-state index < -0.39 is 0 Å². The van der Waals surface area contributed by atoms with E-state index in [0.717, 1.165) is 57.4 Å². The molecule has 2 spiro atoms. The Bertz CT molecular complexity index is 883. The number of rotatable bonds is 4. The summed E-state index contributed by atoms with van der Waals surface area (Å²) in [5.74, 6) is 2.14. The van der Waals surface area contributed by atoms with Crippen molar-refractivity contribution in [3.63, 3.8) is 0 Å². The third kappa shape index (κ3) is 4.32. The Balaban J connectivity index is 1.17. The van der Waals surface area contributed by atoms with Crippen molar-refractivity contribution >= 4 is 5.91 Å². The zero-order valence-corrected chi connectivity index (χ0v) is 21.0. The quantitative estimate of drug-likeness (QED) is 0.691. The van der Waals surface area contributed by atoms with Crippen LogP contribution in [0, 0.1) is 11.3 Å². The van der Waals surface area contributed by atoms with Crippen LogP contribution in [0.2, 0.25) is 0 Å². The second-order valence-corrected chi connectivity index (χ2v) is 12.5. The highest BCUT2D eigenvalue weighted by molar-refractivity contribution is 5.80. The molecule has 5 nitrogen and oxygen atoms in total. The molecule has 4 fully saturated rings. The van der Waals surface area contributed by atoms with Gasteiger partial charge in [0.05, 0.1) is 6.61 Å². The van der Waals surface area contributed by atoms with Gasteiger partial charge >= 0.3 is 0 Å². The standard InChI is InChI=1S/C28H42N2O3/c1-5-33-23-7-6-21(26(2,3)4)14-22(23)19-15-27(16-19)10-12-30(13-11-27)25(32)20-17-28(18-20)9-8-24(31)29-28/h6-7,14,19-20,24,29,31H,5,8-13,15-18H2,1-4H3. The molecule has 1 unspecified atom stereocenters. The number of piperidine rings is 1. The van der Waals surface area contributed by atoms with Gasteiger partial charge in [0, 0.05) is 24.5 Å². The molecule has 0 aromatic heterocycles. The fraction of sp³-hybridized carbons (Fsp3) is 0.750. The van der Waals surface area contributed by atoms with Crippen molar-refractivity contribution in [3.8, 4) is 5.75 Å². The minimum Gasteiger partial charge on any atom is -0.494 e. The summed E-state index contributed by atoms with van der Waals surface area (Å²) in [4.78, 5) is 15.2. The minimum absolute atomic E-state index is 0.0395. The summed E-state index contributed by atoms with van der Waals surface area (Å²) in [6, 6.07) is 6.79. The molecule has 0 bridgehead atoms. The second-order valence-electron chi connectivity index (χ2n) is 12.5. The van der Waals surface area contributed by atoms with Gasteiger partial charge in [0.25, 0.3) is 0 Å². The number of nitrogens with one attached hydrogen (secondary N) is 1. The van der Waals surface area contributed by atoms with Crippen LogP contribution in [0.5, 0.6) is 5.75 Å². The van der Waals surface area contributed by atoms with Crippen molar-refractivity contribution in [2.45, 2.75) is 102 Å². The van der Waals surface area contributed by atoms with Gasteiger partial charge in [-0.3, -0.25) is 10.1 Å². The zero-order valence-electron chi connectivity index (χ0n) is 21.0. The van der Waals surface area contributed by atoms with Crippen LogP contribution < -0.4 is 10.1 Å². The largest absolute Gasteiger partial charge is 0.494 e. The normalized spacial score (nSPS) is 28.6. The average Bonchev–Trinajstić information content (AvgIpc) is 3.12. The Morgan fingerprint density at radius 3 is 2.42 bits per heavy atom. The maximum Gasteiger partial charge on any atom is 0.225 e. The first-order chi connectivity index (χ1) is 15.6. The van der Waals surface area contributed by atoms with Crippen LogP contribution >= 0.6 is 0 Å². The van der Waals surface area contributed by atoms with E-state index in [4.69, 9.17) is 4.74 Å². The highest BCUT2D eigenvalue weighted by Crippen LogP contribution is 2.58. The fourth-order valence-corrected chi connectivity index (χ4v) is 6.99. The van der Waals surface area contributed by atoms with Crippen molar-refractivity contribution in [1.29, 1.82) is 0 Å². The molecule has 0 radical (unpaired) electrons. The van der Waals surface area contributed by atoms with Crippen LogP contribution in [-0.2, 0) is 10.2 Å². The van der Waals surface area contributed by atoms with Crippen LogP contribution in [0.25, 0.3) is 0 Å². The van der Waals surface area contributed by atoms with Gasteiger partial charge in [0.15, 0.2) is 0 Å². The lowest BCUT2D eigenvalue weighted by Crippen LogP contribution is -2.58. The van der Waals surface area contributed by atoms with Crippen LogP contribution in [0.15, 0.2) is 18.2 Å². The van der Waals surface area contributed by atoms with Gasteiger partial charge in [-0.1, -0.05) is 32.9 Å². The maximum absolute atomic E-state index is 13.1. The summed E-state index contributed by atoms with van der Waals surface area (Å²) in [6.07, 6.45) is 7.94.